The third-order valence-electron chi connectivity index (χ3n) is 4.64. The van der Waals surface area contributed by atoms with Crippen LogP contribution in [0.15, 0.2) is 48.5 Å². The van der Waals surface area contributed by atoms with Crippen LogP contribution in [-0.2, 0) is 4.79 Å². The zero-order chi connectivity index (χ0) is 20.6. The van der Waals surface area contributed by atoms with Crippen LogP contribution in [0.3, 0.4) is 0 Å². The molecule has 1 saturated heterocycles. The van der Waals surface area contributed by atoms with Crippen LogP contribution in [0.5, 0.6) is 11.5 Å². The van der Waals surface area contributed by atoms with Crippen molar-refractivity contribution in [2.24, 2.45) is 5.92 Å². The number of urea groups is 1. The van der Waals surface area contributed by atoms with Crippen LogP contribution < -0.4 is 25.0 Å². The number of ether oxygens (including phenoxy) is 2. The van der Waals surface area contributed by atoms with Gasteiger partial charge in [-0.3, -0.25) is 4.79 Å². The van der Waals surface area contributed by atoms with Crippen molar-refractivity contribution in [2.45, 2.75) is 20.3 Å². The van der Waals surface area contributed by atoms with Gasteiger partial charge in [-0.25, -0.2) is 4.79 Å². The first-order valence-corrected chi connectivity index (χ1v) is 9.90. The highest BCUT2D eigenvalue weighted by atomic mass is 16.5. The van der Waals surface area contributed by atoms with Gasteiger partial charge in [0.05, 0.1) is 13.2 Å². The highest BCUT2D eigenvalue weighted by Gasteiger charge is 2.30. The van der Waals surface area contributed by atoms with Gasteiger partial charge in [0.25, 0.3) is 0 Å². The predicted octanol–water partition coefficient (Wildman–Crippen LogP) is 3.66. The van der Waals surface area contributed by atoms with Gasteiger partial charge in [-0.05, 0) is 62.4 Å². The van der Waals surface area contributed by atoms with E-state index in [0.29, 0.717) is 38.4 Å². The maximum Gasteiger partial charge on any atom is 0.319 e. The molecule has 0 saturated carbocycles. The highest BCUT2D eigenvalue weighted by Crippen LogP contribution is 2.26. The molecule has 0 unspecified atom stereocenters. The van der Waals surface area contributed by atoms with E-state index in [1.54, 1.807) is 17.0 Å². The Labute approximate surface area is 171 Å². The van der Waals surface area contributed by atoms with Gasteiger partial charge in [0.15, 0.2) is 0 Å². The second-order valence-electron chi connectivity index (χ2n) is 6.79. The fourth-order valence-corrected chi connectivity index (χ4v) is 3.27. The molecule has 0 aromatic heterocycles. The lowest BCUT2D eigenvalue weighted by Gasteiger charge is -2.17. The molecule has 1 atom stereocenters. The molecule has 3 amide bonds. The van der Waals surface area contributed by atoms with Crippen LogP contribution >= 0.6 is 0 Å². The number of amides is 3. The molecule has 1 aliphatic rings. The molecule has 1 heterocycles. The Morgan fingerprint density at radius 3 is 2.17 bits per heavy atom. The third-order valence-corrected chi connectivity index (χ3v) is 4.64. The largest absolute Gasteiger partial charge is 0.494 e. The van der Waals surface area contributed by atoms with Gasteiger partial charge in [0.1, 0.15) is 11.5 Å². The van der Waals surface area contributed by atoms with Gasteiger partial charge in [-0.2, -0.15) is 0 Å². The molecule has 1 aliphatic heterocycles. The SMILES string of the molecule is CCOc1ccc(NC(=O)NC[C@@H]2CC(=O)N(c3ccc(OCC)cc3)C2)cc1. The first-order chi connectivity index (χ1) is 14.1. The monoisotopic (exact) mass is 397 g/mol. The number of hydrogen-bond acceptors (Lipinski definition) is 4. The summed E-state index contributed by atoms with van der Waals surface area (Å²) in [5.74, 6) is 1.68. The van der Waals surface area contributed by atoms with Crippen LogP contribution in [0.1, 0.15) is 20.3 Å². The average Bonchev–Trinajstić information content (AvgIpc) is 3.10. The van der Waals surface area contributed by atoms with Crippen LogP contribution in [0, 0.1) is 5.92 Å². The molecule has 154 valence electrons. The summed E-state index contributed by atoms with van der Waals surface area (Å²) in [5.41, 5.74) is 1.53. The number of nitrogens with one attached hydrogen (secondary N) is 2. The molecular weight excluding hydrogens is 370 g/mol. The van der Waals surface area contributed by atoms with Crippen molar-refractivity contribution in [1.29, 1.82) is 0 Å². The normalized spacial score (nSPS) is 15.9. The van der Waals surface area contributed by atoms with E-state index in [0.717, 1.165) is 17.2 Å². The number of rotatable bonds is 8. The summed E-state index contributed by atoms with van der Waals surface area (Å²) in [5, 5.41) is 5.64. The van der Waals surface area contributed by atoms with Crippen molar-refractivity contribution in [3.63, 3.8) is 0 Å². The summed E-state index contributed by atoms with van der Waals surface area (Å²) >= 11 is 0. The Kier molecular flexibility index (Phi) is 6.94. The van der Waals surface area contributed by atoms with Gasteiger partial charge in [-0.15, -0.1) is 0 Å². The first kappa shape index (κ1) is 20.5. The Morgan fingerprint density at radius 1 is 1.00 bits per heavy atom. The topological polar surface area (TPSA) is 79.9 Å². The lowest BCUT2D eigenvalue weighted by Crippen LogP contribution is -2.34. The number of carbonyl (C=O) groups excluding carboxylic acids is 2. The standard InChI is InChI=1S/C22H27N3O4/c1-3-28-19-9-5-17(6-10-19)24-22(27)23-14-16-13-21(26)25(15-16)18-7-11-20(12-8-18)29-4-2/h5-12,16H,3-4,13-15H2,1-2H3,(H2,23,24,27)/t16-/m0/s1. The molecule has 29 heavy (non-hydrogen) atoms. The van der Waals surface area contributed by atoms with Crippen molar-refractivity contribution in [3.05, 3.63) is 48.5 Å². The van der Waals surface area contributed by atoms with Crippen molar-refractivity contribution < 1.29 is 19.1 Å². The Bertz CT molecular complexity index is 821. The summed E-state index contributed by atoms with van der Waals surface area (Å²) in [6.07, 6.45) is 0.413. The van der Waals surface area contributed by atoms with E-state index in [1.807, 2.05) is 50.2 Å². The van der Waals surface area contributed by atoms with E-state index < -0.39 is 0 Å². The average molecular weight is 397 g/mol. The lowest BCUT2D eigenvalue weighted by atomic mass is 10.1. The zero-order valence-corrected chi connectivity index (χ0v) is 16.8. The van der Waals surface area contributed by atoms with E-state index in [1.165, 1.54) is 0 Å². The van der Waals surface area contributed by atoms with Crippen molar-refractivity contribution in [3.8, 4) is 11.5 Å². The molecule has 7 nitrogen and oxygen atoms in total. The van der Waals surface area contributed by atoms with Crippen molar-refractivity contribution >= 4 is 23.3 Å². The molecule has 2 N–H and O–H groups in total. The van der Waals surface area contributed by atoms with Gasteiger partial charge in [0.2, 0.25) is 5.91 Å². The highest BCUT2D eigenvalue weighted by molar-refractivity contribution is 5.96. The molecule has 0 aliphatic carbocycles. The van der Waals surface area contributed by atoms with Crippen molar-refractivity contribution in [2.75, 3.05) is 36.5 Å². The smallest absolute Gasteiger partial charge is 0.319 e. The summed E-state index contributed by atoms with van der Waals surface area (Å²) < 4.78 is 10.8. The Hall–Kier alpha value is -3.22. The molecule has 2 aromatic rings. The first-order valence-electron chi connectivity index (χ1n) is 9.90. The number of carbonyl (C=O) groups is 2. The van der Waals surface area contributed by atoms with Gasteiger partial charge >= 0.3 is 6.03 Å². The van der Waals surface area contributed by atoms with E-state index in [-0.39, 0.29) is 17.9 Å². The summed E-state index contributed by atoms with van der Waals surface area (Å²) in [6, 6.07) is 14.4. The Morgan fingerprint density at radius 2 is 1.59 bits per heavy atom. The molecule has 0 bridgehead atoms. The van der Waals surface area contributed by atoms with E-state index >= 15 is 0 Å². The fraction of sp³-hybridized carbons (Fsp3) is 0.364. The number of benzene rings is 2. The minimum absolute atomic E-state index is 0.0629. The second kappa shape index (κ2) is 9.82. The number of nitrogens with zero attached hydrogens (tertiary/aromatic N) is 1. The fourth-order valence-electron chi connectivity index (χ4n) is 3.27. The minimum Gasteiger partial charge on any atom is -0.494 e. The predicted molar refractivity (Wildman–Crippen MR) is 113 cm³/mol. The molecule has 2 aromatic carbocycles. The van der Waals surface area contributed by atoms with Crippen LogP contribution in [0.4, 0.5) is 16.2 Å². The van der Waals surface area contributed by atoms with E-state index in [4.69, 9.17) is 9.47 Å². The van der Waals surface area contributed by atoms with Crippen LogP contribution in [-0.4, -0.2) is 38.2 Å². The minimum atomic E-state index is -0.291. The van der Waals surface area contributed by atoms with Gasteiger partial charge in [0, 0.05) is 36.8 Å². The summed E-state index contributed by atoms with van der Waals surface area (Å²) in [6.45, 7) is 6.07. The summed E-state index contributed by atoms with van der Waals surface area (Å²) in [4.78, 5) is 26.3. The lowest BCUT2D eigenvalue weighted by molar-refractivity contribution is -0.117. The van der Waals surface area contributed by atoms with Crippen molar-refractivity contribution in [1.82, 2.24) is 5.32 Å². The van der Waals surface area contributed by atoms with Crippen LogP contribution in [0.25, 0.3) is 0 Å². The summed E-state index contributed by atoms with van der Waals surface area (Å²) in [7, 11) is 0. The number of anilines is 2. The molecule has 0 radical (unpaired) electrons. The molecule has 7 heteroatoms. The quantitative estimate of drug-likeness (QED) is 0.712. The molecular formula is C22H27N3O4. The molecule has 1 fully saturated rings. The van der Waals surface area contributed by atoms with Gasteiger partial charge in [-0.1, -0.05) is 0 Å². The molecule has 0 spiro atoms. The van der Waals surface area contributed by atoms with E-state index in [9.17, 15) is 9.59 Å². The maximum absolute atomic E-state index is 12.4. The Balaban J connectivity index is 1.47. The number of hydrogen-bond donors (Lipinski definition) is 2. The molecule has 3 rings (SSSR count). The third kappa shape index (κ3) is 5.63. The van der Waals surface area contributed by atoms with Crippen LogP contribution in [0.2, 0.25) is 0 Å². The zero-order valence-electron chi connectivity index (χ0n) is 16.8. The van der Waals surface area contributed by atoms with E-state index in [2.05, 4.69) is 10.6 Å². The second-order valence-corrected chi connectivity index (χ2v) is 6.79. The van der Waals surface area contributed by atoms with Gasteiger partial charge < -0.3 is 25.0 Å². The maximum atomic E-state index is 12.4.